The van der Waals surface area contributed by atoms with Crippen molar-refractivity contribution in [3.8, 4) is 11.5 Å². The summed E-state index contributed by atoms with van der Waals surface area (Å²) in [6.45, 7) is 6.14. The molecule has 1 aliphatic heterocycles. The summed E-state index contributed by atoms with van der Waals surface area (Å²) < 4.78 is 10.7. The van der Waals surface area contributed by atoms with Crippen molar-refractivity contribution in [1.29, 1.82) is 0 Å². The summed E-state index contributed by atoms with van der Waals surface area (Å²) in [5.74, 6) is 1.43. The highest BCUT2D eigenvalue weighted by Crippen LogP contribution is 2.30. The maximum atomic E-state index is 12.7. The topological polar surface area (TPSA) is 76.7 Å². The Morgan fingerprint density at radius 2 is 2.00 bits per heavy atom. The molecule has 1 saturated heterocycles. The van der Waals surface area contributed by atoms with E-state index < -0.39 is 0 Å². The molecule has 0 bridgehead atoms. The van der Waals surface area contributed by atoms with Crippen LogP contribution in [0.2, 0.25) is 0 Å². The number of nitrogens with one attached hydrogen (secondary N) is 2. The van der Waals surface area contributed by atoms with Crippen molar-refractivity contribution in [2.45, 2.75) is 52.1 Å². The van der Waals surface area contributed by atoms with Crippen molar-refractivity contribution in [1.82, 2.24) is 10.6 Å². The minimum Gasteiger partial charge on any atom is -0.497 e. The van der Waals surface area contributed by atoms with Gasteiger partial charge in [-0.2, -0.15) is 0 Å². The lowest BCUT2D eigenvalue weighted by Crippen LogP contribution is -2.47. The number of ether oxygens (including phenoxy) is 2. The molecule has 2 amide bonds. The van der Waals surface area contributed by atoms with Crippen molar-refractivity contribution >= 4 is 11.8 Å². The quantitative estimate of drug-likeness (QED) is 0.782. The molecule has 0 aliphatic carbocycles. The van der Waals surface area contributed by atoms with E-state index in [0.717, 1.165) is 12.0 Å². The molecule has 6 nitrogen and oxygen atoms in total. The van der Waals surface area contributed by atoms with Gasteiger partial charge in [-0.3, -0.25) is 9.59 Å². The van der Waals surface area contributed by atoms with Gasteiger partial charge in [0, 0.05) is 23.9 Å². The van der Waals surface area contributed by atoms with E-state index >= 15 is 0 Å². The first kappa shape index (κ1) is 20.1. The third kappa shape index (κ3) is 5.13. The Hall–Kier alpha value is -2.24. The number of benzene rings is 1. The second-order valence-electron chi connectivity index (χ2n) is 7.37. The Labute approximate surface area is 155 Å². The van der Waals surface area contributed by atoms with Crippen LogP contribution in [0.3, 0.4) is 0 Å². The molecule has 6 heteroatoms. The van der Waals surface area contributed by atoms with Crippen LogP contribution in [0.1, 0.15) is 51.6 Å². The lowest BCUT2D eigenvalue weighted by atomic mass is 9.87. The lowest BCUT2D eigenvalue weighted by molar-refractivity contribution is -0.134. The number of hydrogen-bond acceptors (Lipinski definition) is 4. The van der Waals surface area contributed by atoms with Gasteiger partial charge in [-0.25, -0.2) is 0 Å². The van der Waals surface area contributed by atoms with Gasteiger partial charge in [-0.05, 0) is 43.9 Å². The number of carbonyl (C=O) groups is 2. The van der Waals surface area contributed by atoms with Crippen molar-refractivity contribution in [3.63, 3.8) is 0 Å². The number of piperidine rings is 1. The fourth-order valence-corrected chi connectivity index (χ4v) is 3.51. The van der Waals surface area contributed by atoms with E-state index in [9.17, 15) is 9.59 Å². The monoisotopic (exact) mass is 362 g/mol. The SMILES string of the molecule is COc1ccc(OC)c([C@H](C)NC(=O)[C@@H]2CC(=O)N[C@H](CC(C)C)C2)c1. The fraction of sp³-hybridized carbons (Fsp3) is 0.600. The minimum absolute atomic E-state index is 0.0475. The highest BCUT2D eigenvalue weighted by atomic mass is 16.5. The molecule has 3 atom stereocenters. The van der Waals surface area contributed by atoms with Crippen LogP contribution in [0.25, 0.3) is 0 Å². The molecule has 1 aliphatic rings. The smallest absolute Gasteiger partial charge is 0.224 e. The van der Waals surface area contributed by atoms with Gasteiger partial charge in [-0.15, -0.1) is 0 Å². The average Bonchev–Trinajstić information content (AvgIpc) is 2.59. The van der Waals surface area contributed by atoms with Crippen molar-refractivity contribution in [2.75, 3.05) is 14.2 Å². The Bertz CT molecular complexity index is 645. The van der Waals surface area contributed by atoms with Crippen LogP contribution in [0.5, 0.6) is 11.5 Å². The van der Waals surface area contributed by atoms with E-state index in [4.69, 9.17) is 9.47 Å². The van der Waals surface area contributed by atoms with Gasteiger partial charge in [0.25, 0.3) is 0 Å². The molecule has 0 radical (unpaired) electrons. The van der Waals surface area contributed by atoms with Gasteiger partial charge in [-0.1, -0.05) is 13.8 Å². The first-order chi connectivity index (χ1) is 12.3. The number of hydrogen-bond donors (Lipinski definition) is 2. The molecular weight excluding hydrogens is 332 g/mol. The highest BCUT2D eigenvalue weighted by Gasteiger charge is 2.32. The number of methoxy groups -OCH3 is 2. The van der Waals surface area contributed by atoms with Gasteiger partial charge in [0.05, 0.1) is 20.3 Å². The van der Waals surface area contributed by atoms with E-state index in [1.165, 1.54) is 0 Å². The predicted molar refractivity (Wildman–Crippen MR) is 100 cm³/mol. The summed E-state index contributed by atoms with van der Waals surface area (Å²) in [7, 11) is 3.20. The van der Waals surface area contributed by atoms with E-state index in [-0.39, 0.29) is 36.2 Å². The van der Waals surface area contributed by atoms with E-state index in [2.05, 4.69) is 24.5 Å². The van der Waals surface area contributed by atoms with Crippen LogP contribution in [-0.4, -0.2) is 32.1 Å². The van der Waals surface area contributed by atoms with Crippen LogP contribution in [0, 0.1) is 11.8 Å². The Kier molecular flexibility index (Phi) is 6.89. The van der Waals surface area contributed by atoms with Gasteiger partial charge in [0.1, 0.15) is 11.5 Å². The van der Waals surface area contributed by atoms with Crippen LogP contribution >= 0.6 is 0 Å². The summed E-state index contributed by atoms with van der Waals surface area (Å²) in [6, 6.07) is 5.32. The first-order valence-electron chi connectivity index (χ1n) is 9.15. The molecule has 0 aromatic heterocycles. The first-order valence-corrected chi connectivity index (χ1v) is 9.15. The molecule has 26 heavy (non-hydrogen) atoms. The lowest BCUT2D eigenvalue weighted by Gasteiger charge is -2.31. The van der Waals surface area contributed by atoms with Crippen molar-refractivity contribution in [2.24, 2.45) is 11.8 Å². The molecule has 0 saturated carbocycles. The predicted octanol–water partition coefficient (Wildman–Crippen LogP) is 2.82. The van der Waals surface area contributed by atoms with E-state index in [1.807, 2.05) is 25.1 Å². The molecule has 0 unspecified atom stereocenters. The van der Waals surface area contributed by atoms with Crippen molar-refractivity contribution < 1.29 is 19.1 Å². The van der Waals surface area contributed by atoms with Crippen LogP contribution < -0.4 is 20.1 Å². The molecule has 1 aromatic carbocycles. The zero-order chi connectivity index (χ0) is 19.3. The third-order valence-corrected chi connectivity index (χ3v) is 4.75. The van der Waals surface area contributed by atoms with Gasteiger partial charge >= 0.3 is 0 Å². The van der Waals surface area contributed by atoms with Gasteiger partial charge in [0.15, 0.2) is 0 Å². The molecule has 144 valence electrons. The average molecular weight is 362 g/mol. The molecular formula is C20H30N2O4. The van der Waals surface area contributed by atoms with Crippen LogP contribution in [-0.2, 0) is 9.59 Å². The third-order valence-electron chi connectivity index (χ3n) is 4.75. The maximum Gasteiger partial charge on any atom is 0.224 e. The Balaban J connectivity index is 2.07. The summed E-state index contributed by atoms with van der Waals surface area (Å²) in [6.07, 6.45) is 1.80. The van der Waals surface area contributed by atoms with E-state index in [1.54, 1.807) is 14.2 Å². The zero-order valence-electron chi connectivity index (χ0n) is 16.3. The molecule has 0 spiro atoms. The highest BCUT2D eigenvalue weighted by molar-refractivity contribution is 5.87. The minimum atomic E-state index is -0.299. The Morgan fingerprint density at radius 1 is 1.27 bits per heavy atom. The summed E-state index contributed by atoms with van der Waals surface area (Å²) >= 11 is 0. The number of amides is 2. The maximum absolute atomic E-state index is 12.7. The second-order valence-corrected chi connectivity index (χ2v) is 7.37. The largest absolute Gasteiger partial charge is 0.497 e. The number of rotatable bonds is 7. The molecule has 1 heterocycles. The summed E-state index contributed by atoms with van der Waals surface area (Å²) in [5, 5.41) is 6.03. The van der Waals surface area contributed by atoms with Gasteiger partial charge < -0.3 is 20.1 Å². The van der Waals surface area contributed by atoms with Crippen molar-refractivity contribution in [3.05, 3.63) is 23.8 Å². The number of carbonyl (C=O) groups excluding carboxylic acids is 2. The molecule has 2 N–H and O–H groups in total. The standard InChI is InChI=1S/C20H30N2O4/c1-12(2)8-15-9-14(10-19(23)22-15)20(24)21-13(3)17-11-16(25-4)6-7-18(17)26-5/h6-7,11-15H,8-10H2,1-5H3,(H,21,24)(H,22,23)/t13-,14-,15+/m0/s1. The van der Waals surface area contributed by atoms with Gasteiger partial charge in [0.2, 0.25) is 11.8 Å². The summed E-state index contributed by atoms with van der Waals surface area (Å²) in [5.41, 5.74) is 0.846. The van der Waals surface area contributed by atoms with Crippen LogP contribution in [0.15, 0.2) is 18.2 Å². The summed E-state index contributed by atoms with van der Waals surface area (Å²) in [4.78, 5) is 24.7. The molecule has 2 rings (SSSR count). The molecule has 1 aromatic rings. The molecule has 1 fully saturated rings. The van der Waals surface area contributed by atoms with E-state index in [0.29, 0.717) is 23.8 Å². The Morgan fingerprint density at radius 3 is 2.62 bits per heavy atom. The second kappa shape index (κ2) is 8.92. The fourth-order valence-electron chi connectivity index (χ4n) is 3.51. The zero-order valence-corrected chi connectivity index (χ0v) is 16.3. The normalized spacial score (nSPS) is 21.1. The van der Waals surface area contributed by atoms with Crippen LogP contribution in [0.4, 0.5) is 0 Å².